The summed E-state index contributed by atoms with van der Waals surface area (Å²) >= 11 is 0. The highest BCUT2D eigenvalue weighted by Crippen LogP contribution is 2.21. The van der Waals surface area contributed by atoms with E-state index < -0.39 is 0 Å². The monoisotopic (exact) mass is 198 g/mol. The summed E-state index contributed by atoms with van der Waals surface area (Å²) in [7, 11) is 1.89. The van der Waals surface area contributed by atoms with Crippen molar-refractivity contribution in [2.75, 3.05) is 26.7 Å². The van der Waals surface area contributed by atoms with Gasteiger partial charge in [-0.3, -0.25) is 9.69 Å². The zero-order chi connectivity index (χ0) is 10.9. The summed E-state index contributed by atoms with van der Waals surface area (Å²) in [5.74, 6) is 0.172. The Balaban J connectivity index is 2.27. The van der Waals surface area contributed by atoms with Gasteiger partial charge >= 0.3 is 0 Å². The molecule has 1 rings (SSSR count). The number of likely N-dealkylation sites (tertiary alicyclic amines) is 1. The summed E-state index contributed by atoms with van der Waals surface area (Å²) in [5, 5.41) is 0. The van der Waals surface area contributed by atoms with Gasteiger partial charge < -0.3 is 4.90 Å². The lowest BCUT2D eigenvalue weighted by atomic mass is 9.93. The van der Waals surface area contributed by atoms with Gasteiger partial charge in [-0.05, 0) is 5.41 Å². The molecule has 1 aliphatic heterocycles. The average molecular weight is 198 g/mol. The van der Waals surface area contributed by atoms with E-state index in [4.69, 9.17) is 0 Å². The van der Waals surface area contributed by atoms with Crippen molar-refractivity contribution in [3.8, 4) is 0 Å². The molecule has 0 N–H and O–H groups in total. The van der Waals surface area contributed by atoms with Crippen LogP contribution in [-0.2, 0) is 4.79 Å². The van der Waals surface area contributed by atoms with E-state index in [9.17, 15) is 4.79 Å². The Morgan fingerprint density at radius 2 is 1.93 bits per heavy atom. The van der Waals surface area contributed by atoms with Gasteiger partial charge in [0.15, 0.2) is 0 Å². The van der Waals surface area contributed by atoms with Crippen LogP contribution < -0.4 is 0 Å². The molecule has 0 bridgehead atoms. The Hall–Kier alpha value is -0.570. The molecular formula is C11H22N2O. The average Bonchev–Trinajstić information content (AvgIpc) is 1.92. The first-order valence-corrected chi connectivity index (χ1v) is 5.25. The smallest absolute Gasteiger partial charge is 0.219 e. The van der Waals surface area contributed by atoms with Crippen molar-refractivity contribution in [3.05, 3.63) is 0 Å². The third kappa shape index (κ3) is 2.98. The van der Waals surface area contributed by atoms with Gasteiger partial charge in [-0.2, -0.15) is 0 Å². The number of hydrogen-bond donors (Lipinski definition) is 0. The fourth-order valence-corrected chi connectivity index (χ4v) is 1.84. The van der Waals surface area contributed by atoms with Crippen LogP contribution in [0.1, 0.15) is 27.7 Å². The third-order valence-electron chi connectivity index (χ3n) is 2.68. The van der Waals surface area contributed by atoms with E-state index in [-0.39, 0.29) is 5.91 Å². The zero-order valence-corrected chi connectivity index (χ0v) is 10.0. The number of likely N-dealkylation sites (N-methyl/N-ethyl adjacent to an activating group) is 1. The topological polar surface area (TPSA) is 23.6 Å². The summed E-state index contributed by atoms with van der Waals surface area (Å²) in [6.45, 7) is 11.6. The number of rotatable bonds is 2. The largest absolute Gasteiger partial charge is 0.340 e. The van der Waals surface area contributed by atoms with E-state index in [1.165, 1.54) is 0 Å². The number of nitrogens with zero attached hydrogens (tertiary/aromatic N) is 2. The van der Waals surface area contributed by atoms with Crippen molar-refractivity contribution in [2.45, 2.75) is 33.7 Å². The molecule has 14 heavy (non-hydrogen) atoms. The minimum absolute atomic E-state index is 0.172. The molecule has 0 saturated carbocycles. The molecule has 1 fully saturated rings. The van der Waals surface area contributed by atoms with Crippen LogP contribution in [0.5, 0.6) is 0 Å². The van der Waals surface area contributed by atoms with Crippen LogP contribution in [0.15, 0.2) is 0 Å². The molecule has 1 aliphatic rings. The van der Waals surface area contributed by atoms with Gasteiger partial charge in [-0.15, -0.1) is 0 Å². The fourth-order valence-electron chi connectivity index (χ4n) is 1.84. The van der Waals surface area contributed by atoms with Crippen LogP contribution in [0.4, 0.5) is 0 Å². The first kappa shape index (κ1) is 11.5. The van der Waals surface area contributed by atoms with Gasteiger partial charge in [0.25, 0.3) is 0 Å². The van der Waals surface area contributed by atoms with Gasteiger partial charge in [0.1, 0.15) is 0 Å². The molecule has 0 spiro atoms. The second kappa shape index (κ2) is 3.89. The highest BCUT2D eigenvalue weighted by atomic mass is 16.2. The van der Waals surface area contributed by atoms with Gasteiger partial charge in [-0.25, -0.2) is 0 Å². The minimum Gasteiger partial charge on any atom is -0.340 e. The summed E-state index contributed by atoms with van der Waals surface area (Å²) in [5.41, 5.74) is 0.361. The highest BCUT2D eigenvalue weighted by Gasteiger charge is 2.32. The molecule has 0 atom stereocenters. The van der Waals surface area contributed by atoms with Gasteiger partial charge in [0, 0.05) is 33.6 Å². The first-order chi connectivity index (χ1) is 6.29. The lowest BCUT2D eigenvalue weighted by molar-refractivity contribution is -0.133. The molecular weight excluding hydrogens is 176 g/mol. The highest BCUT2D eigenvalue weighted by molar-refractivity contribution is 5.73. The molecule has 3 heteroatoms. The number of carbonyl (C=O) groups excluding carboxylic acids is 1. The second-order valence-corrected chi connectivity index (χ2v) is 5.54. The Morgan fingerprint density at radius 3 is 2.29 bits per heavy atom. The van der Waals surface area contributed by atoms with Crippen molar-refractivity contribution in [2.24, 2.45) is 5.41 Å². The van der Waals surface area contributed by atoms with Crippen molar-refractivity contribution in [3.63, 3.8) is 0 Å². The van der Waals surface area contributed by atoms with Crippen molar-refractivity contribution < 1.29 is 4.79 Å². The van der Waals surface area contributed by atoms with Crippen molar-refractivity contribution >= 4 is 5.91 Å². The van der Waals surface area contributed by atoms with E-state index >= 15 is 0 Å². The Labute approximate surface area is 87.1 Å². The first-order valence-electron chi connectivity index (χ1n) is 5.25. The number of hydrogen-bond acceptors (Lipinski definition) is 2. The van der Waals surface area contributed by atoms with Crippen LogP contribution in [0.3, 0.4) is 0 Å². The second-order valence-electron chi connectivity index (χ2n) is 5.54. The van der Waals surface area contributed by atoms with Crippen LogP contribution in [0.25, 0.3) is 0 Å². The predicted molar refractivity (Wildman–Crippen MR) is 58.1 cm³/mol. The fraction of sp³-hybridized carbons (Fsp3) is 0.909. The maximum atomic E-state index is 11.1. The molecule has 3 nitrogen and oxygen atoms in total. The Bertz CT molecular complexity index is 214. The molecule has 1 saturated heterocycles. The normalized spacial score (nSPS) is 19.2. The summed E-state index contributed by atoms with van der Waals surface area (Å²) < 4.78 is 0. The minimum atomic E-state index is 0.172. The third-order valence-corrected chi connectivity index (χ3v) is 2.68. The molecule has 1 amide bonds. The van der Waals surface area contributed by atoms with Gasteiger partial charge in [-0.1, -0.05) is 20.8 Å². The number of carbonyl (C=O) groups is 1. The standard InChI is InChI=1S/C11H22N2O/c1-9(14)12(5)10-6-13(7-10)8-11(2,3)4/h10H,6-8H2,1-5H3. The molecule has 0 aromatic rings. The molecule has 1 heterocycles. The predicted octanol–water partition coefficient (Wildman–Crippen LogP) is 1.19. The zero-order valence-electron chi connectivity index (χ0n) is 10.0. The summed E-state index contributed by atoms with van der Waals surface area (Å²) in [6.07, 6.45) is 0. The molecule has 0 aliphatic carbocycles. The molecule has 82 valence electrons. The SMILES string of the molecule is CC(=O)N(C)C1CN(CC(C)(C)C)C1. The molecule has 0 aromatic heterocycles. The lowest BCUT2D eigenvalue weighted by Crippen LogP contribution is -2.60. The van der Waals surface area contributed by atoms with Crippen LogP contribution in [-0.4, -0.2) is 48.4 Å². The van der Waals surface area contributed by atoms with E-state index in [1.54, 1.807) is 6.92 Å². The maximum Gasteiger partial charge on any atom is 0.219 e. The van der Waals surface area contributed by atoms with Crippen molar-refractivity contribution in [1.29, 1.82) is 0 Å². The van der Waals surface area contributed by atoms with Gasteiger partial charge in [0.05, 0.1) is 6.04 Å². The molecule has 0 unspecified atom stereocenters. The van der Waals surface area contributed by atoms with Crippen LogP contribution in [0, 0.1) is 5.41 Å². The maximum absolute atomic E-state index is 11.1. The Morgan fingerprint density at radius 1 is 1.43 bits per heavy atom. The summed E-state index contributed by atoms with van der Waals surface area (Å²) in [6, 6.07) is 0.440. The van der Waals surface area contributed by atoms with Crippen molar-refractivity contribution in [1.82, 2.24) is 9.80 Å². The van der Waals surface area contributed by atoms with E-state index in [0.29, 0.717) is 11.5 Å². The Kier molecular flexibility index (Phi) is 3.20. The van der Waals surface area contributed by atoms with E-state index in [2.05, 4.69) is 25.7 Å². The van der Waals surface area contributed by atoms with Crippen LogP contribution in [0.2, 0.25) is 0 Å². The quantitative estimate of drug-likeness (QED) is 0.665. The van der Waals surface area contributed by atoms with Gasteiger partial charge in [0.2, 0.25) is 5.91 Å². The van der Waals surface area contributed by atoms with Crippen LogP contribution >= 0.6 is 0 Å². The van der Waals surface area contributed by atoms with E-state index in [0.717, 1.165) is 19.6 Å². The summed E-state index contributed by atoms with van der Waals surface area (Å²) in [4.78, 5) is 15.3. The number of amides is 1. The molecule has 0 radical (unpaired) electrons. The molecule has 0 aromatic carbocycles. The van der Waals surface area contributed by atoms with E-state index in [1.807, 2.05) is 11.9 Å². The lowest BCUT2D eigenvalue weighted by Gasteiger charge is -2.46.